The van der Waals surface area contributed by atoms with Crippen LogP contribution in [0.3, 0.4) is 0 Å². The predicted octanol–water partition coefficient (Wildman–Crippen LogP) is 3.93. The standard InChI is InChI=1S/C11H14N2O2.C2H6.C2H4/c1-3-9(4-2)6-8-13-10(11(14)15)5-7-12-13;2*1-2/h3-5,7H,1,6,8H2,2H3,(H,14,15);1-2H3;1-2H2/b9-4+;;. The van der Waals surface area contributed by atoms with Crippen LogP contribution in [0.5, 0.6) is 0 Å². The molecule has 0 saturated heterocycles. The van der Waals surface area contributed by atoms with E-state index in [-0.39, 0.29) is 5.69 Å². The van der Waals surface area contributed by atoms with Crippen molar-refractivity contribution in [1.29, 1.82) is 0 Å². The smallest absolute Gasteiger partial charge is 0.354 e. The molecule has 0 fully saturated rings. The van der Waals surface area contributed by atoms with E-state index >= 15 is 0 Å². The summed E-state index contributed by atoms with van der Waals surface area (Å²) < 4.78 is 1.48. The lowest BCUT2D eigenvalue weighted by Gasteiger charge is -2.04. The molecule has 0 atom stereocenters. The van der Waals surface area contributed by atoms with Gasteiger partial charge in [-0.3, -0.25) is 4.68 Å². The van der Waals surface area contributed by atoms with Gasteiger partial charge in [0, 0.05) is 12.7 Å². The van der Waals surface area contributed by atoms with Gasteiger partial charge in [-0.25, -0.2) is 4.79 Å². The lowest BCUT2D eigenvalue weighted by molar-refractivity contribution is 0.0683. The van der Waals surface area contributed by atoms with E-state index in [4.69, 9.17) is 5.11 Å². The molecule has 4 heteroatoms. The molecule has 0 bridgehead atoms. The second-order valence-corrected chi connectivity index (χ2v) is 3.06. The minimum absolute atomic E-state index is 0.217. The van der Waals surface area contributed by atoms with Crippen molar-refractivity contribution in [2.45, 2.75) is 33.7 Å². The first-order valence-electron chi connectivity index (χ1n) is 6.21. The Labute approximate surface area is 115 Å². The van der Waals surface area contributed by atoms with Crippen LogP contribution in [-0.2, 0) is 6.54 Å². The molecule has 0 saturated carbocycles. The van der Waals surface area contributed by atoms with Gasteiger partial charge in [0.25, 0.3) is 0 Å². The van der Waals surface area contributed by atoms with Crippen molar-refractivity contribution in [2.75, 3.05) is 0 Å². The second kappa shape index (κ2) is 12.4. The van der Waals surface area contributed by atoms with Gasteiger partial charge in [0.2, 0.25) is 0 Å². The number of rotatable bonds is 5. The zero-order chi connectivity index (χ0) is 15.3. The van der Waals surface area contributed by atoms with Crippen molar-refractivity contribution in [1.82, 2.24) is 9.78 Å². The average molecular weight is 264 g/mol. The van der Waals surface area contributed by atoms with Crippen LogP contribution in [0.25, 0.3) is 0 Å². The van der Waals surface area contributed by atoms with Crippen LogP contribution < -0.4 is 0 Å². The maximum absolute atomic E-state index is 10.8. The summed E-state index contributed by atoms with van der Waals surface area (Å²) in [5.41, 5.74) is 1.30. The first-order chi connectivity index (χ1) is 9.19. The lowest BCUT2D eigenvalue weighted by Crippen LogP contribution is -2.10. The van der Waals surface area contributed by atoms with Crippen LogP contribution in [0, 0.1) is 0 Å². The quantitative estimate of drug-likeness (QED) is 0.647. The number of hydrogen-bond donors (Lipinski definition) is 1. The molecule has 19 heavy (non-hydrogen) atoms. The van der Waals surface area contributed by atoms with Gasteiger partial charge in [-0.1, -0.05) is 38.2 Å². The third-order valence-electron chi connectivity index (χ3n) is 2.18. The zero-order valence-corrected chi connectivity index (χ0v) is 12.1. The summed E-state index contributed by atoms with van der Waals surface area (Å²) in [6.45, 7) is 16.2. The highest BCUT2D eigenvalue weighted by Crippen LogP contribution is 2.06. The fourth-order valence-corrected chi connectivity index (χ4v) is 1.29. The van der Waals surface area contributed by atoms with Gasteiger partial charge >= 0.3 is 5.97 Å². The highest BCUT2D eigenvalue weighted by Gasteiger charge is 2.09. The molecule has 0 amide bonds. The highest BCUT2D eigenvalue weighted by atomic mass is 16.4. The maximum atomic E-state index is 10.8. The van der Waals surface area contributed by atoms with Gasteiger partial charge < -0.3 is 5.11 Å². The molecule has 0 spiro atoms. The first-order valence-corrected chi connectivity index (χ1v) is 6.21. The summed E-state index contributed by atoms with van der Waals surface area (Å²) in [6.07, 6.45) is 5.95. The number of carbonyl (C=O) groups is 1. The molecule has 4 nitrogen and oxygen atoms in total. The van der Waals surface area contributed by atoms with E-state index in [0.717, 1.165) is 12.0 Å². The summed E-state index contributed by atoms with van der Waals surface area (Å²) in [5.74, 6) is -0.951. The molecule has 0 unspecified atom stereocenters. The van der Waals surface area contributed by atoms with Gasteiger partial charge in [0.1, 0.15) is 5.69 Å². The van der Waals surface area contributed by atoms with Gasteiger partial charge in [-0.2, -0.15) is 5.10 Å². The largest absolute Gasteiger partial charge is 0.477 e. The Morgan fingerprint density at radius 1 is 1.47 bits per heavy atom. The number of hydrogen-bond acceptors (Lipinski definition) is 2. The summed E-state index contributed by atoms with van der Waals surface area (Å²) in [7, 11) is 0. The van der Waals surface area contributed by atoms with E-state index in [2.05, 4.69) is 24.8 Å². The summed E-state index contributed by atoms with van der Waals surface area (Å²) in [4.78, 5) is 10.8. The van der Waals surface area contributed by atoms with Crippen molar-refractivity contribution in [3.63, 3.8) is 0 Å². The minimum Gasteiger partial charge on any atom is -0.477 e. The van der Waals surface area contributed by atoms with Gasteiger partial charge in [0.15, 0.2) is 0 Å². The van der Waals surface area contributed by atoms with Crippen LogP contribution in [0.15, 0.2) is 49.7 Å². The molecule has 0 aliphatic rings. The number of aryl methyl sites for hydroxylation is 1. The Bertz CT molecular complexity index is 406. The zero-order valence-electron chi connectivity index (χ0n) is 12.1. The maximum Gasteiger partial charge on any atom is 0.354 e. The third kappa shape index (κ3) is 7.03. The number of carboxylic acids is 1. The van der Waals surface area contributed by atoms with Crippen LogP contribution in [-0.4, -0.2) is 20.9 Å². The molecule has 0 aromatic carbocycles. The molecule has 1 aromatic heterocycles. The molecule has 0 radical (unpaired) electrons. The highest BCUT2D eigenvalue weighted by molar-refractivity contribution is 5.85. The van der Waals surface area contributed by atoms with Crippen molar-refractivity contribution >= 4 is 5.97 Å². The topological polar surface area (TPSA) is 55.1 Å². The normalized spacial score (nSPS) is 9.53. The number of nitrogens with zero attached hydrogens (tertiary/aromatic N) is 2. The molecular formula is C15H24N2O2. The Balaban J connectivity index is 0. The Hall–Kier alpha value is -2.10. The van der Waals surface area contributed by atoms with Crippen molar-refractivity contribution in [3.8, 4) is 0 Å². The van der Waals surface area contributed by atoms with Crippen LogP contribution in [0.2, 0.25) is 0 Å². The Morgan fingerprint density at radius 3 is 2.47 bits per heavy atom. The monoisotopic (exact) mass is 264 g/mol. The number of aromatic carboxylic acids is 1. The van der Waals surface area contributed by atoms with Crippen molar-refractivity contribution in [2.24, 2.45) is 0 Å². The lowest BCUT2D eigenvalue weighted by atomic mass is 10.2. The van der Waals surface area contributed by atoms with Gasteiger partial charge in [-0.15, -0.1) is 13.2 Å². The average Bonchev–Trinajstić information content (AvgIpc) is 2.93. The molecule has 1 aromatic rings. The predicted molar refractivity (Wildman–Crippen MR) is 80.4 cm³/mol. The van der Waals surface area contributed by atoms with E-state index in [1.54, 1.807) is 6.08 Å². The molecule has 106 valence electrons. The first kappa shape index (κ1) is 19.2. The van der Waals surface area contributed by atoms with E-state index in [1.807, 2.05) is 26.8 Å². The Morgan fingerprint density at radius 2 is 2.05 bits per heavy atom. The Kier molecular flexibility index (Phi) is 12.5. The minimum atomic E-state index is -0.951. The molecular weight excluding hydrogens is 240 g/mol. The summed E-state index contributed by atoms with van der Waals surface area (Å²) >= 11 is 0. The number of allylic oxidation sites excluding steroid dienone is 3. The summed E-state index contributed by atoms with van der Waals surface area (Å²) in [6, 6.07) is 1.49. The van der Waals surface area contributed by atoms with Crippen molar-refractivity contribution in [3.05, 3.63) is 55.4 Å². The van der Waals surface area contributed by atoms with Gasteiger partial charge in [-0.05, 0) is 19.4 Å². The van der Waals surface area contributed by atoms with E-state index in [9.17, 15) is 4.79 Å². The van der Waals surface area contributed by atoms with Crippen molar-refractivity contribution < 1.29 is 9.90 Å². The van der Waals surface area contributed by atoms with E-state index in [1.165, 1.54) is 16.9 Å². The fraction of sp³-hybridized carbons (Fsp3) is 0.333. The van der Waals surface area contributed by atoms with Gasteiger partial charge in [0.05, 0.1) is 0 Å². The third-order valence-corrected chi connectivity index (χ3v) is 2.18. The van der Waals surface area contributed by atoms with E-state index < -0.39 is 5.97 Å². The van der Waals surface area contributed by atoms with Crippen LogP contribution >= 0.6 is 0 Å². The molecule has 1 rings (SSSR count). The molecule has 0 aliphatic heterocycles. The second-order valence-electron chi connectivity index (χ2n) is 3.06. The molecule has 0 aliphatic carbocycles. The number of aromatic nitrogens is 2. The fourth-order valence-electron chi connectivity index (χ4n) is 1.29. The summed E-state index contributed by atoms with van der Waals surface area (Å²) in [5, 5.41) is 12.8. The van der Waals surface area contributed by atoms with Crippen LogP contribution in [0.1, 0.15) is 37.7 Å². The van der Waals surface area contributed by atoms with E-state index in [0.29, 0.717) is 6.54 Å². The molecule has 1 N–H and O–H groups in total. The SMILES string of the molecule is C=C.C=C/C(=C\C)CCn1nccc1C(=O)O.CC. The molecule has 1 heterocycles. The number of carboxylic acid groups (broad SMARTS) is 1. The van der Waals surface area contributed by atoms with Crippen LogP contribution in [0.4, 0.5) is 0 Å².